The summed E-state index contributed by atoms with van der Waals surface area (Å²) in [7, 11) is -3.76. The van der Waals surface area contributed by atoms with Crippen molar-refractivity contribution in [3.05, 3.63) is 63.0 Å². The summed E-state index contributed by atoms with van der Waals surface area (Å²) in [6.45, 7) is 11.1. The average Bonchev–Trinajstić information content (AvgIpc) is 3.08. The lowest BCUT2D eigenvalue weighted by Gasteiger charge is -2.24. The fourth-order valence-electron chi connectivity index (χ4n) is 3.51. The highest BCUT2D eigenvalue weighted by Crippen LogP contribution is 2.34. The normalized spacial score (nSPS) is 14.4. The zero-order valence-corrected chi connectivity index (χ0v) is 18.8. The summed E-state index contributed by atoms with van der Waals surface area (Å²) < 4.78 is 30.0. The van der Waals surface area contributed by atoms with Crippen LogP contribution in [0.25, 0.3) is 10.1 Å². The van der Waals surface area contributed by atoms with E-state index in [1.807, 2.05) is 65.0 Å². The van der Waals surface area contributed by atoms with Crippen LogP contribution >= 0.6 is 11.3 Å². The Bertz CT molecular complexity index is 1100. The SMILES string of the molecule is Cc1c(C)c(C)c(S(=O)(=O)NCC(C)(O)c2cc3ccccc3s2)c(C)c1C. The van der Waals surface area contributed by atoms with Gasteiger partial charge in [-0.1, -0.05) is 18.2 Å². The van der Waals surface area contributed by atoms with Gasteiger partial charge in [-0.05, 0) is 86.9 Å². The van der Waals surface area contributed by atoms with Gasteiger partial charge in [0, 0.05) is 16.1 Å². The number of hydrogen-bond donors (Lipinski definition) is 2. The molecular weight excluding hydrogens is 390 g/mol. The number of hydrogen-bond acceptors (Lipinski definition) is 4. The highest BCUT2D eigenvalue weighted by molar-refractivity contribution is 7.89. The first kappa shape index (κ1) is 21.0. The Morgan fingerprint density at radius 2 is 1.50 bits per heavy atom. The number of benzene rings is 2. The fourth-order valence-corrected chi connectivity index (χ4v) is 6.34. The minimum absolute atomic E-state index is 0.0903. The summed E-state index contributed by atoms with van der Waals surface area (Å²) in [4.78, 5) is 1.06. The maximum absolute atomic E-state index is 13.1. The van der Waals surface area contributed by atoms with E-state index in [2.05, 4.69) is 4.72 Å². The molecule has 2 aromatic carbocycles. The van der Waals surface area contributed by atoms with Crippen molar-refractivity contribution in [2.24, 2.45) is 0 Å². The van der Waals surface area contributed by atoms with Gasteiger partial charge in [0.15, 0.2) is 0 Å². The minimum atomic E-state index is -3.76. The van der Waals surface area contributed by atoms with Crippen molar-refractivity contribution in [3.63, 3.8) is 0 Å². The topological polar surface area (TPSA) is 66.4 Å². The quantitative estimate of drug-likeness (QED) is 0.636. The Balaban J connectivity index is 1.93. The van der Waals surface area contributed by atoms with Crippen LogP contribution in [0.5, 0.6) is 0 Å². The molecular formula is C22H27NO3S2. The lowest BCUT2D eigenvalue weighted by molar-refractivity contribution is 0.0666. The van der Waals surface area contributed by atoms with E-state index in [9.17, 15) is 13.5 Å². The van der Waals surface area contributed by atoms with Crippen molar-refractivity contribution < 1.29 is 13.5 Å². The first-order chi connectivity index (χ1) is 13.0. The van der Waals surface area contributed by atoms with Crippen molar-refractivity contribution in [3.8, 4) is 0 Å². The van der Waals surface area contributed by atoms with Gasteiger partial charge in [0.25, 0.3) is 0 Å². The van der Waals surface area contributed by atoms with Gasteiger partial charge >= 0.3 is 0 Å². The molecule has 0 saturated heterocycles. The molecule has 150 valence electrons. The third-order valence-corrected chi connectivity index (χ3v) is 8.81. The van der Waals surface area contributed by atoms with Crippen LogP contribution < -0.4 is 4.72 Å². The smallest absolute Gasteiger partial charge is 0.241 e. The molecule has 1 heterocycles. The highest BCUT2D eigenvalue weighted by Gasteiger charge is 2.30. The number of fused-ring (bicyclic) bond motifs is 1. The van der Waals surface area contributed by atoms with Crippen LogP contribution in [0.2, 0.25) is 0 Å². The van der Waals surface area contributed by atoms with Crippen LogP contribution in [0, 0.1) is 34.6 Å². The van der Waals surface area contributed by atoms with E-state index in [4.69, 9.17) is 0 Å². The van der Waals surface area contributed by atoms with Crippen molar-refractivity contribution in [1.29, 1.82) is 0 Å². The van der Waals surface area contributed by atoms with E-state index in [0.717, 1.165) is 42.8 Å². The van der Waals surface area contributed by atoms with E-state index in [-0.39, 0.29) is 6.54 Å². The lowest BCUT2D eigenvalue weighted by Crippen LogP contribution is -2.38. The number of aliphatic hydroxyl groups is 1. The minimum Gasteiger partial charge on any atom is -0.383 e. The van der Waals surface area contributed by atoms with Crippen LogP contribution in [-0.2, 0) is 15.6 Å². The molecule has 0 saturated carbocycles. The number of sulfonamides is 1. The van der Waals surface area contributed by atoms with Crippen LogP contribution in [-0.4, -0.2) is 20.1 Å². The monoisotopic (exact) mass is 417 g/mol. The Morgan fingerprint density at radius 3 is 2.07 bits per heavy atom. The van der Waals surface area contributed by atoms with E-state index < -0.39 is 15.6 Å². The van der Waals surface area contributed by atoms with Gasteiger partial charge in [0.2, 0.25) is 10.0 Å². The molecule has 28 heavy (non-hydrogen) atoms. The molecule has 0 aliphatic heterocycles. The van der Waals surface area contributed by atoms with Crippen LogP contribution in [0.15, 0.2) is 35.2 Å². The number of nitrogens with one attached hydrogen (secondary N) is 1. The third-order valence-electron chi connectivity index (χ3n) is 5.76. The summed E-state index contributed by atoms with van der Waals surface area (Å²) in [5.41, 5.74) is 3.31. The number of rotatable bonds is 5. The maximum Gasteiger partial charge on any atom is 0.241 e. The Hall–Kier alpha value is -1.73. The maximum atomic E-state index is 13.1. The molecule has 0 spiro atoms. The van der Waals surface area contributed by atoms with Crippen molar-refractivity contribution in [2.75, 3.05) is 6.54 Å². The summed E-state index contributed by atoms with van der Waals surface area (Å²) in [5, 5.41) is 12.0. The Kier molecular flexibility index (Phi) is 5.44. The molecule has 0 radical (unpaired) electrons. The van der Waals surface area contributed by atoms with E-state index in [0.29, 0.717) is 4.90 Å². The summed E-state index contributed by atoms with van der Waals surface area (Å²) in [5.74, 6) is 0. The van der Waals surface area contributed by atoms with Gasteiger partial charge in [0.1, 0.15) is 5.60 Å². The van der Waals surface area contributed by atoms with Crippen molar-refractivity contribution in [2.45, 2.75) is 52.0 Å². The molecule has 0 bridgehead atoms. The lowest BCUT2D eigenvalue weighted by atomic mass is 9.95. The van der Waals surface area contributed by atoms with Gasteiger partial charge in [-0.25, -0.2) is 13.1 Å². The molecule has 3 rings (SSSR count). The first-order valence-electron chi connectivity index (χ1n) is 9.24. The zero-order valence-electron chi connectivity index (χ0n) is 17.2. The predicted molar refractivity (Wildman–Crippen MR) is 117 cm³/mol. The second-order valence-corrected chi connectivity index (χ2v) is 10.5. The van der Waals surface area contributed by atoms with E-state index >= 15 is 0 Å². The van der Waals surface area contributed by atoms with Crippen LogP contribution in [0.1, 0.15) is 39.6 Å². The van der Waals surface area contributed by atoms with Gasteiger partial charge in [-0.3, -0.25) is 0 Å². The zero-order chi connectivity index (χ0) is 20.9. The molecule has 0 amide bonds. The molecule has 0 fully saturated rings. The molecule has 1 atom stereocenters. The number of thiophene rings is 1. The largest absolute Gasteiger partial charge is 0.383 e. The van der Waals surface area contributed by atoms with Crippen LogP contribution in [0.3, 0.4) is 0 Å². The van der Waals surface area contributed by atoms with Gasteiger partial charge in [-0.2, -0.15) is 0 Å². The molecule has 2 N–H and O–H groups in total. The molecule has 1 unspecified atom stereocenters. The Morgan fingerprint density at radius 1 is 0.964 bits per heavy atom. The fraction of sp³-hybridized carbons (Fsp3) is 0.364. The third kappa shape index (κ3) is 3.62. The molecule has 0 aliphatic rings. The summed E-state index contributed by atoms with van der Waals surface area (Å²) in [6, 6.07) is 9.80. The standard InChI is InChI=1S/C22H27NO3S2/c1-13-14(2)16(4)21(17(5)15(13)3)28(25,26)23-12-22(6,24)20-11-18-9-7-8-10-19(18)27-20/h7-11,23-24H,12H2,1-6H3. The second-order valence-electron chi connectivity index (χ2n) is 7.70. The highest BCUT2D eigenvalue weighted by atomic mass is 32.2. The van der Waals surface area contributed by atoms with Crippen molar-refractivity contribution in [1.82, 2.24) is 4.72 Å². The molecule has 3 aromatic rings. The predicted octanol–water partition coefficient (Wildman–Crippen LogP) is 4.63. The molecule has 0 aliphatic carbocycles. The first-order valence-corrected chi connectivity index (χ1v) is 11.5. The van der Waals surface area contributed by atoms with Gasteiger partial charge in [-0.15, -0.1) is 11.3 Å². The second kappa shape index (κ2) is 7.26. The summed E-state index contributed by atoms with van der Waals surface area (Å²) in [6.07, 6.45) is 0. The van der Waals surface area contributed by atoms with E-state index in [1.54, 1.807) is 6.92 Å². The van der Waals surface area contributed by atoms with E-state index in [1.165, 1.54) is 11.3 Å². The molecule has 6 heteroatoms. The average molecular weight is 418 g/mol. The molecule has 4 nitrogen and oxygen atoms in total. The molecule has 1 aromatic heterocycles. The van der Waals surface area contributed by atoms with Crippen molar-refractivity contribution >= 4 is 31.4 Å². The van der Waals surface area contributed by atoms with Gasteiger partial charge < -0.3 is 5.11 Å². The van der Waals surface area contributed by atoms with Crippen LogP contribution in [0.4, 0.5) is 0 Å². The van der Waals surface area contributed by atoms with Gasteiger partial charge in [0.05, 0.1) is 4.90 Å². The Labute approximate surface area is 171 Å². The summed E-state index contributed by atoms with van der Waals surface area (Å²) >= 11 is 1.48.